The van der Waals surface area contributed by atoms with Gasteiger partial charge in [0, 0.05) is 19.3 Å². The van der Waals surface area contributed by atoms with Gasteiger partial charge in [0.25, 0.3) is 0 Å². The quantitative estimate of drug-likeness (QED) is 0.0261. The summed E-state index contributed by atoms with van der Waals surface area (Å²) in [7, 11) is 0. The number of hydrogen-bond acceptors (Lipinski definition) is 6. The van der Waals surface area contributed by atoms with Crippen molar-refractivity contribution in [1.29, 1.82) is 0 Å². The first-order valence-electron chi connectivity index (χ1n) is 30.0. The highest BCUT2D eigenvalue weighted by Gasteiger charge is 2.19. The largest absolute Gasteiger partial charge is 0.462 e. The molecular formula is C67H110O6. The van der Waals surface area contributed by atoms with E-state index in [0.29, 0.717) is 19.3 Å². The molecule has 6 heteroatoms. The van der Waals surface area contributed by atoms with Crippen LogP contribution in [0.1, 0.15) is 265 Å². The second kappa shape index (κ2) is 60.4. The van der Waals surface area contributed by atoms with E-state index in [-0.39, 0.29) is 31.1 Å². The van der Waals surface area contributed by atoms with Crippen molar-refractivity contribution in [1.82, 2.24) is 0 Å². The normalized spacial score (nSPS) is 13.0. The molecule has 6 nitrogen and oxygen atoms in total. The predicted molar refractivity (Wildman–Crippen MR) is 316 cm³/mol. The fraction of sp³-hybridized carbons (Fsp3) is 0.657. The van der Waals surface area contributed by atoms with E-state index in [1.165, 1.54) is 89.9 Å². The van der Waals surface area contributed by atoms with Gasteiger partial charge in [-0.05, 0) is 116 Å². The maximum atomic E-state index is 12.8. The molecule has 1 atom stereocenters. The van der Waals surface area contributed by atoms with E-state index in [9.17, 15) is 14.4 Å². The van der Waals surface area contributed by atoms with E-state index in [4.69, 9.17) is 14.2 Å². The predicted octanol–water partition coefficient (Wildman–Crippen LogP) is 20.4. The molecule has 0 aromatic carbocycles. The Morgan fingerprint density at radius 2 is 0.534 bits per heavy atom. The molecule has 0 bridgehead atoms. The minimum absolute atomic E-state index is 0.0876. The molecule has 0 aliphatic carbocycles. The van der Waals surface area contributed by atoms with Gasteiger partial charge in [0.1, 0.15) is 13.2 Å². The average Bonchev–Trinajstić information content (AvgIpc) is 3.39. The summed E-state index contributed by atoms with van der Waals surface area (Å²) in [5.41, 5.74) is 0. The topological polar surface area (TPSA) is 78.9 Å². The number of hydrogen-bond donors (Lipinski definition) is 0. The number of esters is 3. The van der Waals surface area contributed by atoms with Gasteiger partial charge < -0.3 is 14.2 Å². The first-order valence-corrected chi connectivity index (χ1v) is 30.0. The number of carbonyl (C=O) groups is 3. The highest BCUT2D eigenvalue weighted by molar-refractivity contribution is 5.71. The van der Waals surface area contributed by atoms with Crippen LogP contribution in [0, 0.1) is 0 Å². The van der Waals surface area contributed by atoms with E-state index < -0.39 is 6.10 Å². The molecular weight excluding hydrogens is 901 g/mol. The molecule has 0 amide bonds. The summed E-state index contributed by atoms with van der Waals surface area (Å²) in [6.07, 6.45) is 83.7. The number of ether oxygens (including phenoxy) is 3. The van der Waals surface area contributed by atoms with Crippen LogP contribution in [0.25, 0.3) is 0 Å². The Balaban J connectivity index is 4.18. The highest BCUT2D eigenvalue weighted by atomic mass is 16.6. The smallest absolute Gasteiger partial charge is 0.306 e. The molecule has 0 aromatic heterocycles. The monoisotopic (exact) mass is 1010 g/mol. The molecule has 414 valence electrons. The zero-order valence-corrected chi connectivity index (χ0v) is 47.4. The Morgan fingerprint density at radius 1 is 0.288 bits per heavy atom. The van der Waals surface area contributed by atoms with Gasteiger partial charge in [-0.2, -0.15) is 0 Å². The summed E-state index contributed by atoms with van der Waals surface area (Å²) < 4.78 is 16.7. The van der Waals surface area contributed by atoms with Crippen LogP contribution in [-0.4, -0.2) is 37.2 Å². The zero-order chi connectivity index (χ0) is 52.9. The lowest BCUT2D eigenvalue weighted by atomic mass is 10.1. The Kier molecular flexibility index (Phi) is 56.9. The van der Waals surface area contributed by atoms with Crippen molar-refractivity contribution in [2.45, 2.75) is 271 Å². The number of unbranched alkanes of at least 4 members (excludes halogenated alkanes) is 22. The molecule has 0 saturated carbocycles. The van der Waals surface area contributed by atoms with Crippen LogP contribution in [0.5, 0.6) is 0 Å². The van der Waals surface area contributed by atoms with Gasteiger partial charge in [-0.1, -0.05) is 251 Å². The summed E-state index contributed by atoms with van der Waals surface area (Å²) in [5, 5.41) is 0. The van der Waals surface area contributed by atoms with Crippen LogP contribution in [0.3, 0.4) is 0 Å². The van der Waals surface area contributed by atoms with E-state index >= 15 is 0 Å². The van der Waals surface area contributed by atoms with Crippen molar-refractivity contribution in [3.8, 4) is 0 Å². The maximum Gasteiger partial charge on any atom is 0.306 e. The molecule has 0 aromatic rings. The first kappa shape index (κ1) is 68.8. The summed E-state index contributed by atoms with van der Waals surface area (Å²) in [4.78, 5) is 37.9. The maximum absolute atomic E-state index is 12.8. The average molecular weight is 1010 g/mol. The summed E-state index contributed by atoms with van der Waals surface area (Å²) >= 11 is 0. The van der Waals surface area contributed by atoms with Crippen LogP contribution < -0.4 is 0 Å². The van der Waals surface area contributed by atoms with E-state index in [0.717, 1.165) is 135 Å². The standard InChI is InChI=1S/C67H110O6/c1-4-7-10-13-16-18-20-22-24-26-28-29-30-31-32-33-34-35-36-37-38-39-40-42-43-45-47-49-51-54-57-60-66(69)72-63-64(62-71-65(68)59-56-53-15-12-9-6-3)73-67(70)61-58-55-52-50-48-46-44-41-27-25-23-21-19-17-14-11-8-5-2/h7,10,16,18-19,21-22,24-25,27-29,31-32,34-35,37-38,40,42,64H,4-6,8-9,11-15,17,20,23,26,30,33,36,39,41,43-63H2,1-3H3/b10-7-,18-16-,21-19-,24-22-,27-25-,29-28-,32-31-,35-34-,38-37-,42-40-. The highest BCUT2D eigenvalue weighted by Crippen LogP contribution is 2.14. The fourth-order valence-corrected chi connectivity index (χ4v) is 7.96. The van der Waals surface area contributed by atoms with Crippen molar-refractivity contribution < 1.29 is 28.6 Å². The van der Waals surface area contributed by atoms with Crippen molar-refractivity contribution in [3.05, 3.63) is 122 Å². The van der Waals surface area contributed by atoms with Crippen molar-refractivity contribution in [3.63, 3.8) is 0 Å². The molecule has 0 radical (unpaired) electrons. The van der Waals surface area contributed by atoms with Gasteiger partial charge in [0.15, 0.2) is 6.10 Å². The molecule has 0 rings (SSSR count). The Morgan fingerprint density at radius 3 is 0.849 bits per heavy atom. The summed E-state index contributed by atoms with van der Waals surface area (Å²) in [6.45, 7) is 6.43. The van der Waals surface area contributed by atoms with Crippen LogP contribution in [0.2, 0.25) is 0 Å². The SMILES string of the molecule is CC/C=C\C/C=C\C/C=C\C/C=C\C/C=C\C/C=C\C/C=C\C/C=C\CCCCCCCCC(=O)OCC(COC(=O)CCCCCCCC)OC(=O)CCCCCCCCC/C=C\C/C=C\CCCCCC. The number of carbonyl (C=O) groups excluding carboxylic acids is 3. The minimum Gasteiger partial charge on any atom is -0.462 e. The Hall–Kier alpha value is -4.19. The second-order valence-corrected chi connectivity index (χ2v) is 19.5. The van der Waals surface area contributed by atoms with Gasteiger partial charge in [-0.3, -0.25) is 14.4 Å². The number of allylic oxidation sites excluding steroid dienone is 20. The zero-order valence-electron chi connectivity index (χ0n) is 47.4. The molecule has 0 fully saturated rings. The van der Waals surface area contributed by atoms with Crippen molar-refractivity contribution >= 4 is 17.9 Å². The fourth-order valence-electron chi connectivity index (χ4n) is 7.96. The van der Waals surface area contributed by atoms with Crippen LogP contribution in [0.4, 0.5) is 0 Å². The lowest BCUT2D eigenvalue weighted by Crippen LogP contribution is -2.30. The van der Waals surface area contributed by atoms with E-state index in [1.807, 2.05) is 0 Å². The van der Waals surface area contributed by atoms with Crippen molar-refractivity contribution in [2.24, 2.45) is 0 Å². The Bertz CT molecular complexity index is 1540. The molecule has 0 aliphatic rings. The third-order valence-corrected chi connectivity index (χ3v) is 12.5. The number of rotatable bonds is 53. The van der Waals surface area contributed by atoms with Gasteiger partial charge in [-0.25, -0.2) is 0 Å². The first-order chi connectivity index (χ1) is 36.0. The lowest BCUT2D eigenvalue weighted by Gasteiger charge is -2.18. The molecule has 0 heterocycles. The van der Waals surface area contributed by atoms with Crippen molar-refractivity contribution in [2.75, 3.05) is 13.2 Å². The lowest BCUT2D eigenvalue weighted by molar-refractivity contribution is -0.167. The summed E-state index contributed by atoms with van der Waals surface area (Å²) in [6, 6.07) is 0. The molecule has 0 aliphatic heterocycles. The van der Waals surface area contributed by atoms with Gasteiger partial charge in [0.05, 0.1) is 0 Å². The van der Waals surface area contributed by atoms with Gasteiger partial charge >= 0.3 is 17.9 Å². The molecule has 0 saturated heterocycles. The van der Waals surface area contributed by atoms with Crippen LogP contribution >= 0.6 is 0 Å². The second-order valence-electron chi connectivity index (χ2n) is 19.5. The third-order valence-electron chi connectivity index (χ3n) is 12.5. The molecule has 0 spiro atoms. The molecule has 73 heavy (non-hydrogen) atoms. The Labute approximate surface area is 450 Å². The van der Waals surface area contributed by atoms with E-state index in [2.05, 4.69) is 142 Å². The van der Waals surface area contributed by atoms with Gasteiger partial charge in [0.2, 0.25) is 0 Å². The molecule has 0 N–H and O–H groups in total. The summed E-state index contributed by atoms with van der Waals surface area (Å²) in [5.74, 6) is -0.921. The van der Waals surface area contributed by atoms with Gasteiger partial charge in [-0.15, -0.1) is 0 Å². The minimum atomic E-state index is -0.788. The molecule has 1 unspecified atom stereocenters. The van der Waals surface area contributed by atoms with E-state index in [1.54, 1.807) is 0 Å². The van der Waals surface area contributed by atoms with Crippen LogP contribution in [0.15, 0.2) is 122 Å². The third kappa shape index (κ3) is 58.6. The van der Waals surface area contributed by atoms with Crippen LogP contribution in [-0.2, 0) is 28.6 Å².